The Kier molecular flexibility index (Phi) is 4.39. The predicted octanol–water partition coefficient (Wildman–Crippen LogP) is 4.65. The van der Waals surface area contributed by atoms with Gasteiger partial charge in [0.25, 0.3) is 0 Å². The molecule has 1 unspecified atom stereocenters. The van der Waals surface area contributed by atoms with Crippen molar-refractivity contribution in [3.63, 3.8) is 0 Å². The summed E-state index contributed by atoms with van der Waals surface area (Å²) in [7, 11) is 0. The van der Waals surface area contributed by atoms with Crippen LogP contribution in [0.2, 0.25) is 0 Å². The van der Waals surface area contributed by atoms with Crippen molar-refractivity contribution in [3.8, 4) is 11.5 Å². The summed E-state index contributed by atoms with van der Waals surface area (Å²) in [5, 5.41) is -0.0397. The van der Waals surface area contributed by atoms with Crippen molar-refractivity contribution in [1.82, 2.24) is 4.98 Å². The molecule has 25 heavy (non-hydrogen) atoms. The van der Waals surface area contributed by atoms with Gasteiger partial charge in [-0.05, 0) is 42.5 Å². The molecule has 4 nitrogen and oxygen atoms in total. The minimum atomic E-state index is -0.0397. The number of nitrogens with zero attached hydrogens (tertiary/aromatic N) is 2. The van der Waals surface area contributed by atoms with Crippen molar-refractivity contribution in [2.75, 3.05) is 10.7 Å². The van der Waals surface area contributed by atoms with Crippen molar-refractivity contribution < 1.29 is 9.53 Å². The standard InChI is InChI=1S/C20H16N2O2S/c23-19-14-25-20(15-5-4-12-21-13-15)22(19)16-8-10-18(11-9-16)24-17-6-2-1-3-7-17/h1-13,20H,14H2. The Labute approximate surface area is 150 Å². The van der Waals surface area contributed by atoms with Crippen LogP contribution >= 0.6 is 11.8 Å². The summed E-state index contributed by atoms with van der Waals surface area (Å²) in [5.74, 6) is 2.11. The van der Waals surface area contributed by atoms with E-state index in [0.717, 1.165) is 22.7 Å². The quantitative estimate of drug-likeness (QED) is 0.688. The van der Waals surface area contributed by atoms with Gasteiger partial charge in [-0.3, -0.25) is 14.7 Å². The lowest BCUT2D eigenvalue weighted by atomic mass is 10.2. The smallest absolute Gasteiger partial charge is 0.238 e. The van der Waals surface area contributed by atoms with E-state index in [2.05, 4.69) is 4.98 Å². The predicted molar refractivity (Wildman–Crippen MR) is 99.9 cm³/mol. The van der Waals surface area contributed by atoms with Gasteiger partial charge >= 0.3 is 0 Å². The van der Waals surface area contributed by atoms with Gasteiger partial charge in [-0.15, -0.1) is 11.8 Å². The second-order valence-electron chi connectivity index (χ2n) is 5.62. The number of hydrogen-bond donors (Lipinski definition) is 0. The number of amides is 1. The number of aromatic nitrogens is 1. The SMILES string of the molecule is O=C1CSC(c2cccnc2)N1c1ccc(Oc2ccccc2)cc1. The Balaban J connectivity index is 1.57. The number of pyridine rings is 1. The molecule has 3 aromatic rings. The minimum Gasteiger partial charge on any atom is -0.457 e. The Morgan fingerprint density at radius 1 is 0.960 bits per heavy atom. The first-order valence-corrected chi connectivity index (χ1v) is 9.03. The third-order valence-corrected chi connectivity index (χ3v) is 5.14. The largest absolute Gasteiger partial charge is 0.457 e. The third-order valence-electron chi connectivity index (χ3n) is 3.93. The average Bonchev–Trinajstić information content (AvgIpc) is 3.05. The lowest BCUT2D eigenvalue weighted by Gasteiger charge is -2.24. The average molecular weight is 348 g/mol. The van der Waals surface area contributed by atoms with Crippen LogP contribution in [0.4, 0.5) is 5.69 Å². The monoisotopic (exact) mass is 348 g/mol. The highest BCUT2D eigenvalue weighted by atomic mass is 32.2. The fraction of sp³-hybridized carbons (Fsp3) is 0.100. The minimum absolute atomic E-state index is 0.0397. The summed E-state index contributed by atoms with van der Waals surface area (Å²) in [6.45, 7) is 0. The molecule has 124 valence electrons. The Hall–Kier alpha value is -2.79. The van der Waals surface area contributed by atoms with Crippen LogP contribution in [-0.2, 0) is 4.79 Å². The molecule has 0 saturated carbocycles. The number of anilines is 1. The molecule has 1 aliphatic heterocycles. The van der Waals surface area contributed by atoms with E-state index in [9.17, 15) is 4.79 Å². The Bertz CT molecular complexity index is 854. The lowest BCUT2D eigenvalue weighted by Crippen LogP contribution is -2.27. The van der Waals surface area contributed by atoms with Crippen molar-refractivity contribution in [3.05, 3.63) is 84.7 Å². The molecule has 1 aromatic heterocycles. The van der Waals surface area contributed by atoms with Gasteiger partial charge in [0.05, 0.1) is 5.75 Å². The summed E-state index contributed by atoms with van der Waals surface area (Å²) >= 11 is 1.62. The highest BCUT2D eigenvalue weighted by molar-refractivity contribution is 8.00. The maximum absolute atomic E-state index is 12.4. The number of benzene rings is 2. The van der Waals surface area contributed by atoms with Crippen LogP contribution in [0.1, 0.15) is 10.9 Å². The molecule has 1 saturated heterocycles. The zero-order chi connectivity index (χ0) is 17.1. The van der Waals surface area contributed by atoms with E-state index in [1.807, 2.05) is 77.8 Å². The fourth-order valence-electron chi connectivity index (χ4n) is 2.77. The van der Waals surface area contributed by atoms with Crippen LogP contribution in [0, 0.1) is 0 Å². The molecule has 2 aromatic carbocycles. The summed E-state index contributed by atoms with van der Waals surface area (Å²) in [6, 6.07) is 21.2. The molecular weight excluding hydrogens is 332 g/mol. The fourth-order valence-corrected chi connectivity index (χ4v) is 3.93. The third kappa shape index (κ3) is 3.37. The van der Waals surface area contributed by atoms with Gasteiger partial charge in [-0.2, -0.15) is 0 Å². The number of carbonyl (C=O) groups excluding carboxylic acids is 1. The van der Waals surface area contributed by atoms with E-state index in [-0.39, 0.29) is 11.3 Å². The molecule has 0 radical (unpaired) electrons. The second kappa shape index (κ2) is 6.99. The van der Waals surface area contributed by atoms with Gasteiger partial charge in [-0.1, -0.05) is 24.3 Å². The normalized spacial score (nSPS) is 16.9. The van der Waals surface area contributed by atoms with Gasteiger partial charge in [0.15, 0.2) is 0 Å². The van der Waals surface area contributed by atoms with Crippen molar-refractivity contribution in [1.29, 1.82) is 0 Å². The zero-order valence-corrected chi connectivity index (χ0v) is 14.2. The van der Waals surface area contributed by atoms with Gasteiger partial charge in [0, 0.05) is 23.6 Å². The Morgan fingerprint density at radius 2 is 1.72 bits per heavy atom. The first-order chi connectivity index (χ1) is 12.3. The van der Waals surface area contributed by atoms with E-state index >= 15 is 0 Å². The molecule has 0 spiro atoms. The number of thioether (sulfide) groups is 1. The maximum atomic E-state index is 12.4. The number of ether oxygens (including phenoxy) is 1. The lowest BCUT2D eigenvalue weighted by molar-refractivity contribution is -0.115. The summed E-state index contributed by atoms with van der Waals surface area (Å²) in [6.07, 6.45) is 3.56. The molecule has 0 N–H and O–H groups in total. The van der Waals surface area contributed by atoms with E-state index in [1.165, 1.54) is 0 Å². The van der Waals surface area contributed by atoms with E-state index in [0.29, 0.717) is 5.75 Å². The van der Waals surface area contributed by atoms with Crippen LogP contribution in [0.3, 0.4) is 0 Å². The number of para-hydroxylation sites is 1. The molecule has 0 bridgehead atoms. The molecule has 1 aliphatic rings. The van der Waals surface area contributed by atoms with Gasteiger partial charge in [-0.25, -0.2) is 0 Å². The van der Waals surface area contributed by atoms with Crippen molar-refractivity contribution in [2.45, 2.75) is 5.37 Å². The topological polar surface area (TPSA) is 42.4 Å². The molecule has 1 amide bonds. The second-order valence-corrected chi connectivity index (χ2v) is 6.69. The van der Waals surface area contributed by atoms with Crippen molar-refractivity contribution >= 4 is 23.4 Å². The highest BCUT2D eigenvalue weighted by Gasteiger charge is 2.34. The first-order valence-electron chi connectivity index (χ1n) is 7.98. The van der Waals surface area contributed by atoms with Gasteiger partial charge < -0.3 is 4.74 Å². The van der Waals surface area contributed by atoms with Crippen LogP contribution in [0.5, 0.6) is 11.5 Å². The first kappa shape index (κ1) is 15.7. The van der Waals surface area contributed by atoms with E-state index in [4.69, 9.17) is 4.74 Å². The van der Waals surface area contributed by atoms with Gasteiger partial charge in [0.1, 0.15) is 16.9 Å². The van der Waals surface area contributed by atoms with Crippen LogP contribution in [0.15, 0.2) is 79.1 Å². The number of carbonyl (C=O) groups is 1. The van der Waals surface area contributed by atoms with Gasteiger partial charge in [0.2, 0.25) is 5.91 Å². The molecule has 1 fully saturated rings. The van der Waals surface area contributed by atoms with E-state index < -0.39 is 0 Å². The summed E-state index contributed by atoms with van der Waals surface area (Å²) in [4.78, 5) is 18.4. The maximum Gasteiger partial charge on any atom is 0.238 e. The van der Waals surface area contributed by atoms with Crippen LogP contribution < -0.4 is 9.64 Å². The Morgan fingerprint density at radius 3 is 2.44 bits per heavy atom. The van der Waals surface area contributed by atoms with Crippen molar-refractivity contribution in [2.24, 2.45) is 0 Å². The zero-order valence-electron chi connectivity index (χ0n) is 13.4. The number of hydrogen-bond acceptors (Lipinski definition) is 4. The molecule has 2 heterocycles. The summed E-state index contributed by atoms with van der Waals surface area (Å²) in [5.41, 5.74) is 1.90. The molecular formula is C20H16N2O2S. The molecule has 4 rings (SSSR count). The van der Waals surface area contributed by atoms with Crippen LogP contribution in [0.25, 0.3) is 0 Å². The summed E-state index contributed by atoms with van der Waals surface area (Å²) < 4.78 is 5.82. The van der Waals surface area contributed by atoms with E-state index in [1.54, 1.807) is 18.0 Å². The highest BCUT2D eigenvalue weighted by Crippen LogP contribution is 2.41. The number of rotatable bonds is 4. The molecule has 1 atom stereocenters. The molecule has 5 heteroatoms. The van der Waals surface area contributed by atoms with Crippen LogP contribution in [-0.4, -0.2) is 16.6 Å². The molecule has 0 aliphatic carbocycles.